The van der Waals surface area contributed by atoms with Crippen molar-refractivity contribution in [1.29, 1.82) is 0 Å². The van der Waals surface area contributed by atoms with Crippen molar-refractivity contribution in [3.05, 3.63) is 165 Å². The van der Waals surface area contributed by atoms with Gasteiger partial charge in [-0.3, -0.25) is 29.5 Å². The van der Waals surface area contributed by atoms with Crippen LogP contribution in [0.3, 0.4) is 0 Å². The number of aliphatic hydroxyl groups is 1. The van der Waals surface area contributed by atoms with Crippen LogP contribution in [0.2, 0.25) is 0 Å². The number of non-ortho nitro benzene ring substituents is 1. The number of imide groups is 1. The number of nitro groups is 1. The molecule has 54 heavy (non-hydrogen) atoms. The van der Waals surface area contributed by atoms with E-state index in [1.54, 1.807) is 36.4 Å². The highest BCUT2D eigenvalue weighted by atomic mass is 16.7. The Kier molecular flexibility index (Phi) is 10.0. The van der Waals surface area contributed by atoms with Gasteiger partial charge in [0.25, 0.3) is 17.5 Å². The van der Waals surface area contributed by atoms with E-state index in [0.717, 1.165) is 71.8 Å². The summed E-state index contributed by atoms with van der Waals surface area (Å²) < 4.78 is 13.4. The van der Waals surface area contributed by atoms with Gasteiger partial charge in [-0.1, -0.05) is 72.8 Å². The van der Waals surface area contributed by atoms with Crippen molar-refractivity contribution in [2.75, 3.05) is 37.6 Å². The van der Waals surface area contributed by atoms with E-state index in [4.69, 9.17) is 9.47 Å². The maximum atomic E-state index is 13.0. The normalized spacial score (nSPS) is 20.3. The number of hydrogen-bond acceptors (Lipinski definition) is 9. The Morgan fingerprint density at radius 3 is 2.04 bits per heavy atom. The van der Waals surface area contributed by atoms with Gasteiger partial charge in [0.15, 0.2) is 6.29 Å². The quantitative estimate of drug-likeness (QED) is 0.0929. The molecule has 5 aromatic carbocycles. The largest absolute Gasteiger partial charge is 0.392 e. The lowest BCUT2D eigenvalue weighted by atomic mass is 9.98. The highest BCUT2D eigenvalue weighted by Crippen LogP contribution is 2.39. The third-order valence-corrected chi connectivity index (χ3v) is 10.5. The molecule has 0 aromatic heterocycles. The fourth-order valence-corrected chi connectivity index (χ4v) is 7.57. The number of benzene rings is 5. The second-order valence-electron chi connectivity index (χ2n) is 14.0. The van der Waals surface area contributed by atoms with Crippen LogP contribution in [0.5, 0.6) is 0 Å². The van der Waals surface area contributed by atoms with Gasteiger partial charge in [-0.25, -0.2) is 0 Å². The average Bonchev–Trinajstić information content (AvgIpc) is 3.46. The maximum absolute atomic E-state index is 13.0. The Morgan fingerprint density at radius 1 is 0.704 bits per heavy atom. The molecule has 0 radical (unpaired) electrons. The minimum atomic E-state index is -0.630. The van der Waals surface area contributed by atoms with Crippen LogP contribution in [0, 0.1) is 10.1 Å². The van der Waals surface area contributed by atoms with Crippen LogP contribution >= 0.6 is 0 Å². The van der Waals surface area contributed by atoms with Gasteiger partial charge >= 0.3 is 0 Å². The molecular weight excluding hydrogens is 684 g/mol. The smallest absolute Gasteiger partial charge is 0.269 e. The number of nitrogens with zero attached hydrogens (tertiary/aromatic N) is 4. The molecule has 2 saturated heterocycles. The molecule has 2 fully saturated rings. The Balaban J connectivity index is 0.983. The number of amides is 2. The minimum absolute atomic E-state index is 0.0295. The fraction of sp³-hybridized carbons (Fsp3) is 0.256. The molecule has 0 saturated carbocycles. The van der Waals surface area contributed by atoms with E-state index < -0.39 is 6.29 Å². The average molecular weight is 725 g/mol. The molecule has 3 unspecified atom stereocenters. The molecule has 0 aliphatic carbocycles. The number of carbonyl (C=O) groups is 2. The van der Waals surface area contributed by atoms with Crippen molar-refractivity contribution in [3.8, 4) is 11.1 Å². The van der Waals surface area contributed by atoms with Gasteiger partial charge in [-0.15, -0.1) is 0 Å². The van der Waals surface area contributed by atoms with Crippen molar-refractivity contribution in [1.82, 2.24) is 9.80 Å². The molecule has 5 aromatic rings. The Labute approximate surface area is 313 Å². The second-order valence-corrected chi connectivity index (χ2v) is 14.0. The molecule has 1 N–H and O–H groups in total. The summed E-state index contributed by atoms with van der Waals surface area (Å²) in [7, 11) is 0. The molecule has 11 nitrogen and oxygen atoms in total. The highest BCUT2D eigenvalue weighted by Gasteiger charge is 2.36. The highest BCUT2D eigenvalue weighted by molar-refractivity contribution is 6.21. The number of ether oxygens (including phenoxy) is 2. The number of nitro benzene ring substituents is 1. The number of carbonyl (C=O) groups excluding carboxylic acids is 2. The first kappa shape index (κ1) is 35.3. The summed E-state index contributed by atoms with van der Waals surface area (Å²) >= 11 is 0. The zero-order valence-corrected chi connectivity index (χ0v) is 29.6. The first-order valence-electron chi connectivity index (χ1n) is 18.2. The van der Waals surface area contributed by atoms with E-state index in [-0.39, 0.29) is 47.8 Å². The standard InChI is InChI=1S/C43H40N4O7/c48-28-29-11-13-31(14-12-29)40-25-37(27-44-19-21-45(22-20-44)35-15-17-36(18-16-35)47(51)52)53-43(54-40)34-8-4-7-33(24-34)32-6-3-5-30(23-32)26-46-41(49)38-9-1-2-10-39(38)42(46)50/h1-18,23-24,37,40,43,48H,19-22,25-28H2. The van der Waals surface area contributed by atoms with Crippen molar-refractivity contribution in [2.45, 2.75) is 38.1 Å². The van der Waals surface area contributed by atoms with E-state index in [0.29, 0.717) is 17.5 Å². The summed E-state index contributed by atoms with van der Waals surface area (Å²) in [4.78, 5) is 42.8. The third-order valence-electron chi connectivity index (χ3n) is 10.5. The lowest BCUT2D eigenvalue weighted by Gasteiger charge is -2.41. The lowest BCUT2D eigenvalue weighted by Crippen LogP contribution is -2.49. The molecule has 0 bridgehead atoms. The fourth-order valence-electron chi connectivity index (χ4n) is 7.57. The van der Waals surface area contributed by atoms with Gasteiger partial charge in [-0.2, -0.15) is 0 Å². The summed E-state index contributed by atoms with van der Waals surface area (Å²) in [5.74, 6) is -0.563. The van der Waals surface area contributed by atoms with Gasteiger partial charge in [-0.05, 0) is 64.2 Å². The molecule has 3 aliphatic rings. The number of rotatable bonds is 10. The van der Waals surface area contributed by atoms with Crippen LogP contribution < -0.4 is 4.90 Å². The van der Waals surface area contributed by atoms with Gasteiger partial charge in [0, 0.05) is 62.5 Å². The lowest BCUT2D eigenvalue weighted by molar-refractivity contribution is -0.384. The molecule has 3 heterocycles. The topological polar surface area (TPSA) is 126 Å². The molecule has 2 amide bonds. The number of aliphatic hydroxyl groups excluding tert-OH is 1. The van der Waals surface area contributed by atoms with Gasteiger partial charge < -0.3 is 19.5 Å². The molecule has 3 atom stereocenters. The summed E-state index contributed by atoms with van der Waals surface area (Å²) in [6.07, 6.45) is -0.315. The van der Waals surface area contributed by atoms with Crippen molar-refractivity contribution in [2.24, 2.45) is 0 Å². The number of hydrogen-bond donors (Lipinski definition) is 1. The zero-order chi connectivity index (χ0) is 37.2. The van der Waals surface area contributed by atoms with Crippen LogP contribution in [-0.2, 0) is 22.6 Å². The molecule has 3 aliphatic heterocycles. The van der Waals surface area contributed by atoms with E-state index in [9.17, 15) is 24.8 Å². The van der Waals surface area contributed by atoms with Gasteiger partial charge in [0.1, 0.15) is 0 Å². The summed E-state index contributed by atoms with van der Waals surface area (Å²) in [6.45, 7) is 4.11. The van der Waals surface area contributed by atoms with Crippen molar-refractivity contribution in [3.63, 3.8) is 0 Å². The molecule has 8 rings (SSSR count). The Morgan fingerprint density at radius 2 is 1.37 bits per heavy atom. The zero-order valence-electron chi connectivity index (χ0n) is 29.6. The van der Waals surface area contributed by atoms with Crippen LogP contribution in [0.15, 0.2) is 121 Å². The number of fused-ring (bicyclic) bond motifs is 1. The third kappa shape index (κ3) is 7.39. The van der Waals surface area contributed by atoms with Crippen LogP contribution in [0.4, 0.5) is 11.4 Å². The van der Waals surface area contributed by atoms with Gasteiger partial charge in [0.05, 0.1) is 41.4 Å². The van der Waals surface area contributed by atoms with E-state index in [1.165, 1.54) is 4.90 Å². The SMILES string of the molecule is O=C1c2ccccc2C(=O)N1Cc1cccc(-c2cccc(C3OC(CN4CCN(c5ccc([N+](=O)[O-])cc5)CC4)CC(c4ccc(CO)cc4)O3)c2)c1. The first-order valence-corrected chi connectivity index (χ1v) is 18.2. The summed E-state index contributed by atoms with van der Waals surface area (Å²) in [6, 6.07) is 37.5. The summed E-state index contributed by atoms with van der Waals surface area (Å²) in [5.41, 5.74) is 7.41. The van der Waals surface area contributed by atoms with Crippen LogP contribution in [0.25, 0.3) is 11.1 Å². The van der Waals surface area contributed by atoms with Crippen LogP contribution in [-0.4, -0.2) is 70.5 Å². The predicted octanol–water partition coefficient (Wildman–Crippen LogP) is 6.92. The van der Waals surface area contributed by atoms with Crippen LogP contribution in [0.1, 0.15) is 61.8 Å². The monoisotopic (exact) mass is 724 g/mol. The Hall–Kier alpha value is -5.72. The predicted molar refractivity (Wildman–Crippen MR) is 203 cm³/mol. The molecule has 11 heteroatoms. The van der Waals surface area contributed by atoms with Crippen molar-refractivity contribution >= 4 is 23.2 Å². The molecule has 0 spiro atoms. The van der Waals surface area contributed by atoms with E-state index in [1.807, 2.05) is 78.9 Å². The summed E-state index contributed by atoms with van der Waals surface area (Å²) in [5, 5.41) is 20.7. The maximum Gasteiger partial charge on any atom is 0.269 e. The first-order chi connectivity index (χ1) is 26.3. The molecule has 274 valence electrons. The minimum Gasteiger partial charge on any atom is -0.392 e. The number of anilines is 1. The van der Waals surface area contributed by atoms with E-state index in [2.05, 4.69) is 15.9 Å². The van der Waals surface area contributed by atoms with E-state index >= 15 is 0 Å². The van der Waals surface area contributed by atoms with Crippen molar-refractivity contribution < 1.29 is 29.1 Å². The molecular formula is C43H40N4O7. The second kappa shape index (κ2) is 15.3. The Bertz CT molecular complexity index is 2130. The van der Waals surface area contributed by atoms with Gasteiger partial charge in [0.2, 0.25) is 0 Å². The number of piperazine rings is 1.